The predicted molar refractivity (Wildman–Crippen MR) is 109 cm³/mol. The SMILES string of the molecule is O=C(CNC(=O)c1cccc(Br)c1)NCc1ccnc(Oc2ccc(F)cc2)c1. The van der Waals surface area contributed by atoms with Gasteiger partial charge < -0.3 is 15.4 Å². The number of ether oxygens (including phenoxy) is 1. The largest absolute Gasteiger partial charge is 0.439 e. The van der Waals surface area contributed by atoms with Crippen LogP contribution >= 0.6 is 15.9 Å². The topological polar surface area (TPSA) is 80.3 Å². The highest BCUT2D eigenvalue weighted by molar-refractivity contribution is 9.10. The molecule has 8 heteroatoms. The van der Waals surface area contributed by atoms with E-state index >= 15 is 0 Å². The fourth-order valence-electron chi connectivity index (χ4n) is 2.40. The molecule has 0 bridgehead atoms. The van der Waals surface area contributed by atoms with E-state index in [0.29, 0.717) is 17.2 Å². The second-order valence-corrected chi connectivity index (χ2v) is 6.94. The summed E-state index contributed by atoms with van der Waals surface area (Å²) in [6, 6.07) is 15.9. The Morgan fingerprint density at radius 2 is 1.83 bits per heavy atom. The van der Waals surface area contributed by atoms with Crippen molar-refractivity contribution in [2.24, 2.45) is 0 Å². The van der Waals surface area contributed by atoms with Crippen molar-refractivity contribution in [3.05, 3.63) is 88.3 Å². The van der Waals surface area contributed by atoms with E-state index in [0.717, 1.165) is 10.0 Å². The fraction of sp³-hybridized carbons (Fsp3) is 0.0952. The average molecular weight is 458 g/mol. The average Bonchev–Trinajstić information content (AvgIpc) is 2.72. The van der Waals surface area contributed by atoms with E-state index in [1.807, 2.05) is 6.07 Å². The van der Waals surface area contributed by atoms with Gasteiger partial charge in [-0.1, -0.05) is 22.0 Å². The second kappa shape index (κ2) is 9.79. The molecule has 2 amide bonds. The predicted octanol–water partition coefficient (Wildman–Crippen LogP) is 3.82. The molecule has 0 radical (unpaired) electrons. The number of carbonyl (C=O) groups excluding carboxylic acids is 2. The lowest BCUT2D eigenvalue weighted by Crippen LogP contribution is -2.36. The zero-order valence-electron chi connectivity index (χ0n) is 15.2. The number of nitrogens with one attached hydrogen (secondary N) is 2. The number of hydrogen-bond acceptors (Lipinski definition) is 4. The molecule has 0 spiro atoms. The molecule has 1 aromatic heterocycles. The van der Waals surface area contributed by atoms with E-state index in [2.05, 4.69) is 31.5 Å². The van der Waals surface area contributed by atoms with Crippen LogP contribution in [0.5, 0.6) is 11.6 Å². The van der Waals surface area contributed by atoms with Crippen molar-refractivity contribution < 1.29 is 18.7 Å². The Balaban J connectivity index is 1.48. The number of rotatable bonds is 7. The number of carbonyl (C=O) groups is 2. The van der Waals surface area contributed by atoms with Gasteiger partial charge in [-0.05, 0) is 54.1 Å². The summed E-state index contributed by atoms with van der Waals surface area (Å²) < 4.78 is 19.3. The maximum absolute atomic E-state index is 13.0. The van der Waals surface area contributed by atoms with Gasteiger partial charge >= 0.3 is 0 Å². The van der Waals surface area contributed by atoms with Gasteiger partial charge in [-0.3, -0.25) is 9.59 Å². The van der Waals surface area contributed by atoms with Gasteiger partial charge in [0.05, 0.1) is 6.54 Å². The number of halogens is 2. The van der Waals surface area contributed by atoms with Crippen molar-refractivity contribution in [2.75, 3.05) is 6.54 Å². The highest BCUT2D eigenvalue weighted by atomic mass is 79.9. The molecule has 1 heterocycles. The Bertz CT molecular complexity index is 1010. The molecule has 0 saturated carbocycles. The molecule has 2 aromatic carbocycles. The van der Waals surface area contributed by atoms with Crippen LogP contribution in [0.2, 0.25) is 0 Å². The molecule has 3 rings (SSSR count). The summed E-state index contributed by atoms with van der Waals surface area (Å²) in [5.41, 5.74) is 1.23. The summed E-state index contributed by atoms with van der Waals surface area (Å²) in [4.78, 5) is 28.2. The van der Waals surface area contributed by atoms with Gasteiger partial charge in [0.2, 0.25) is 11.8 Å². The smallest absolute Gasteiger partial charge is 0.251 e. The minimum absolute atomic E-state index is 0.143. The molecular weight excluding hydrogens is 441 g/mol. The first kappa shape index (κ1) is 20.5. The number of pyridine rings is 1. The molecule has 3 aromatic rings. The summed E-state index contributed by atoms with van der Waals surface area (Å²) in [5, 5.41) is 5.29. The van der Waals surface area contributed by atoms with E-state index in [4.69, 9.17) is 4.74 Å². The van der Waals surface area contributed by atoms with Crippen molar-refractivity contribution >= 4 is 27.7 Å². The van der Waals surface area contributed by atoms with Crippen molar-refractivity contribution in [2.45, 2.75) is 6.54 Å². The van der Waals surface area contributed by atoms with Crippen LogP contribution in [0, 0.1) is 5.82 Å². The normalized spacial score (nSPS) is 10.3. The third-order valence-electron chi connectivity index (χ3n) is 3.82. The summed E-state index contributed by atoms with van der Waals surface area (Å²) >= 11 is 3.30. The van der Waals surface area contributed by atoms with Crippen LogP contribution in [-0.4, -0.2) is 23.3 Å². The van der Waals surface area contributed by atoms with Crippen molar-refractivity contribution in [1.29, 1.82) is 0 Å². The third-order valence-corrected chi connectivity index (χ3v) is 4.31. The monoisotopic (exact) mass is 457 g/mol. The number of nitrogens with zero attached hydrogens (tertiary/aromatic N) is 1. The van der Waals surface area contributed by atoms with Crippen molar-refractivity contribution in [3.8, 4) is 11.6 Å². The first-order valence-corrected chi connectivity index (χ1v) is 9.48. The summed E-state index contributed by atoms with van der Waals surface area (Å²) in [7, 11) is 0. The van der Waals surface area contributed by atoms with Gasteiger partial charge in [-0.15, -0.1) is 0 Å². The van der Waals surface area contributed by atoms with E-state index in [-0.39, 0.29) is 30.7 Å². The van der Waals surface area contributed by atoms with Gasteiger partial charge in [0.25, 0.3) is 5.91 Å². The second-order valence-electron chi connectivity index (χ2n) is 6.03. The molecule has 0 aliphatic heterocycles. The van der Waals surface area contributed by atoms with Crippen LogP contribution < -0.4 is 15.4 Å². The number of benzene rings is 2. The quantitative estimate of drug-likeness (QED) is 0.564. The van der Waals surface area contributed by atoms with Crippen molar-refractivity contribution in [3.63, 3.8) is 0 Å². The molecule has 0 atom stereocenters. The molecule has 0 aliphatic rings. The Labute approximate surface area is 175 Å². The van der Waals surface area contributed by atoms with Gasteiger partial charge in [0.15, 0.2) is 0 Å². The molecule has 2 N–H and O–H groups in total. The molecule has 0 saturated heterocycles. The van der Waals surface area contributed by atoms with Crippen LogP contribution in [0.4, 0.5) is 4.39 Å². The highest BCUT2D eigenvalue weighted by Crippen LogP contribution is 2.20. The molecule has 0 aliphatic carbocycles. The van der Waals surface area contributed by atoms with E-state index in [1.54, 1.807) is 36.5 Å². The first-order chi connectivity index (χ1) is 14.0. The lowest BCUT2D eigenvalue weighted by atomic mass is 10.2. The van der Waals surface area contributed by atoms with Crippen LogP contribution in [-0.2, 0) is 11.3 Å². The summed E-state index contributed by atoms with van der Waals surface area (Å²) in [6.07, 6.45) is 1.55. The maximum Gasteiger partial charge on any atom is 0.251 e. The van der Waals surface area contributed by atoms with Crippen LogP contribution in [0.15, 0.2) is 71.3 Å². The molecule has 0 fully saturated rings. The standard InChI is InChI=1S/C21H17BrFN3O3/c22-16-3-1-2-15(11-16)21(28)26-13-19(27)25-12-14-8-9-24-20(10-14)29-18-6-4-17(23)5-7-18/h1-11H,12-13H2,(H,25,27)(H,26,28). The van der Waals surface area contributed by atoms with Crippen molar-refractivity contribution in [1.82, 2.24) is 15.6 Å². The molecular formula is C21H17BrFN3O3. The Hall–Kier alpha value is -3.26. The van der Waals surface area contributed by atoms with E-state index in [1.165, 1.54) is 24.3 Å². The molecule has 0 unspecified atom stereocenters. The lowest BCUT2D eigenvalue weighted by Gasteiger charge is -2.09. The maximum atomic E-state index is 13.0. The molecule has 29 heavy (non-hydrogen) atoms. The Kier molecular flexibility index (Phi) is 6.91. The molecule has 6 nitrogen and oxygen atoms in total. The minimum atomic E-state index is -0.353. The van der Waals surface area contributed by atoms with Gasteiger partial charge in [0, 0.05) is 28.8 Å². The van der Waals surface area contributed by atoms with Crippen LogP contribution in [0.25, 0.3) is 0 Å². The zero-order valence-corrected chi connectivity index (χ0v) is 16.8. The lowest BCUT2D eigenvalue weighted by molar-refractivity contribution is -0.120. The van der Waals surface area contributed by atoms with Gasteiger partial charge in [-0.25, -0.2) is 9.37 Å². The number of hydrogen-bond donors (Lipinski definition) is 2. The summed E-state index contributed by atoms with van der Waals surface area (Å²) in [5.74, 6) is -0.234. The number of amides is 2. The third kappa shape index (κ3) is 6.39. The molecule has 148 valence electrons. The fourth-order valence-corrected chi connectivity index (χ4v) is 2.79. The van der Waals surface area contributed by atoms with Crippen LogP contribution in [0.1, 0.15) is 15.9 Å². The Morgan fingerprint density at radius 3 is 2.59 bits per heavy atom. The van der Waals surface area contributed by atoms with E-state index < -0.39 is 0 Å². The minimum Gasteiger partial charge on any atom is -0.439 e. The highest BCUT2D eigenvalue weighted by Gasteiger charge is 2.09. The van der Waals surface area contributed by atoms with Crippen LogP contribution in [0.3, 0.4) is 0 Å². The Morgan fingerprint density at radius 1 is 1.03 bits per heavy atom. The summed E-state index contributed by atoms with van der Waals surface area (Å²) in [6.45, 7) is 0.100. The van der Waals surface area contributed by atoms with Gasteiger partial charge in [-0.2, -0.15) is 0 Å². The first-order valence-electron chi connectivity index (χ1n) is 8.68. The van der Waals surface area contributed by atoms with Gasteiger partial charge in [0.1, 0.15) is 11.6 Å². The number of aromatic nitrogens is 1. The zero-order chi connectivity index (χ0) is 20.6. The van der Waals surface area contributed by atoms with E-state index in [9.17, 15) is 14.0 Å².